The van der Waals surface area contributed by atoms with Crippen molar-refractivity contribution in [1.29, 1.82) is 0 Å². The van der Waals surface area contributed by atoms with Gasteiger partial charge >= 0.3 is 0 Å². The molecule has 1 aromatic carbocycles. The first-order valence-corrected chi connectivity index (χ1v) is 8.05. The number of benzene rings is 1. The van der Waals surface area contributed by atoms with Gasteiger partial charge in [0, 0.05) is 11.9 Å². The zero-order chi connectivity index (χ0) is 16.2. The molecule has 0 aliphatic rings. The fourth-order valence-electron chi connectivity index (χ4n) is 2.30. The number of oxime groups is 1. The Kier molecular flexibility index (Phi) is 4.43. The summed E-state index contributed by atoms with van der Waals surface area (Å²) in [7, 11) is 0. The first kappa shape index (κ1) is 15.3. The van der Waals surface area contributed by atoms with Crippen LogP contribution < -0.4 is 5.56 Å². The number of fused-ring (bicyclic) bond motifs is 1. The van der Waals surface area contributed by atoms with Crippen LogP contribution in [0.15, 0.2) is 63.6 Å². The van der Waals surface area contributed by atoms with Crippen molar-refractivity contribution >= 4 is 23.6 Å². The summed E-state index contributed by atoms with van der Waals surface area (Å²) in [6.45, 7) is 1.91. The molecule has 0 amide bonds. The van der Waals surface area contributed by atoms with E-state index >= 15 is 0 Å². The summed E-state index contributed by atoms with van der Waals surface area (Å²) in [4.78, 5) is 17.2. The van der Waals surface area contributed by atoms with Crippen LogP contribution in [0.4, 0.5) is 0 Å². The second-order valence-corrected chi connectivity index (χ2v) is 6.00. The largest absolute Gasteiger partial charge is 0.411 e. The fraction of sp³-hybridized carbons (Fsp3) is 0.118. The van der Waals surface area contributed by atoms with Gasteiger partial charge in [-0.2, -0.15) is 0 Å². The molecule has 3 aromatic rings. The third-order valence-electron chi connectivity index (χ3n) is 3.45. The van der Waals surface area contributed by atoms with Crippen molar-refractivity contribution in [2.75, 3.05) is 0 Å². The normalized spacial score (nSPS) is 11.3. The lowest BCUT2D eigenvalue weighted by atomic mass is 10.2. The summed E-state index contributed by atoms with van der Waals surface area (Å²) in [5, 5.41) is 12.4. The molecule has 0 atom stereocenters. The third kappa shape index (κ3) is 3.12. The van der Waals surface area contributed by atoms with Crippen LogP contribution in [0.2, 0.25) is 0 Å². The highest BCUT2D eigenvalue weighted by Crippen LogP contribution is 2.23. The first-order chi connectivity index (χ1) is 11.2. The Bertz CT molecular complexity index is 920. The summed E-state index contributed by atoms with van der Waals surface area (Å²) >= 11 is 1.45. The fourth-order valence-corrected chi connectivity index (χ4v) is 3.24. The van der Waals surface area contributed by atoms with E-state index in [4.69, 9.17) is 5.21 Å². The van der Waals surface area contributed by atoms with Gasteiger partial charge in [-0.25, -0.2) is 4.98 Å². The Morgan fingerprint density at radius 3 is 2.78 bits per heavy atom. The minimum absolute atomic E-state index is 0.243. The van der Waals surface area contributed by atoms with E-state index in [0.717, 1.165) is 17.3 Å². The van der Waals surface area contributed by atoms with Crippen LogP contribution in [-0.4, -0.2) is 20.8 Å². The Morgan fingerprint density at radius 1 is 1.26 bits per heavy atom. The Hall–Kier alpha value is -2.60. The van der Waals surface area contributed by atoms with Crippen LogP contribution in [0.3, 0.4) is 0 Å². The topological polar surface area (TPSA) is 67.0 Å². The van der Waals surface area contributed by atoms with Gasteiger partial charge in [-0.05, 0) is 24.1 Å². The molecule has 6 heteroatoms. The van der Waals surface area contributed by atoms with Crippen molar-refractivity contribution in [3.63, 3.8) is 0 Å². The second-order valence-electron chi connectivity index (χ2n) is 5.04. The maximum absolute atomic E-state index is 12.6. The first-order valence-electron chi connectivity index (χ1n) is 7.07. The lowest BCUT2D eigenvalue weighted by Crippen LogP contribution is -2.21. The van der Waals surface area contributed by atoms with Gasteiger partial charge in [-0.15, -0.1) is 11.8 Å². The minimum Gasteiger partial charge on any atom is -0.411 e. The van der Waals surface area contributed by atoms with Gasteiger partial charge in [0.25, 0.3) is 5.56 Å². The van der Waals surface area contributed by atoms with Gasteiger partial charge in [0.15, 0.2) is 0 Å². The van der Waals surface area contributed by atoms with Crippen molar-refractivity contribution < 1.29 is 5.21 Å². The lowest BCUT2D eigenvalue weighted by molar-refractivity contribution is 0.321. The molecule has 1 N–H and O–H groups in total. The maximum atomic E-state index is 12.6. The number of hydrogen-bond donors (Lipinski definition) is 1. The van der Waals surface area contributed by atoms with Gasteiger partial charge < -0.3 is 5.21 Å². The molecule has 116 valence electrons. The number of rotatable bonds is 4. The summed E-state index contributed by atoms with van der Waals surface area (Å²) in [5.41, 5.74) is 2.71. The van der Waals surface area contributed by atoms with Gasteiger partial charge in [-0.1, -0.05) is 41.6 Å². The molecule has 5 nitrogen and oxygen atoms in total. The molecule has 0 saturated heterocycles. The zero-order valence-corrected chi connectivity index (χ0v) is 13.3. The molecular weight excluding hydrogens is 310 g/mol. The molecule has 0 spiro atoms. The molecule has 0 bridgehead atoms. The Morgan fingerprint density at radius 2 is 2.04 bits per heavy atom. The Balaban J connectivity index is 2.09. The van der Waals surface area contributed by atoms with Gasteiger partial charge in [0.2, 0.25) is 0 Å². The van der Waals surface area contributed by atoms with E-state index in [0.29, 0.717) is 16.4 Å². The molecule has 0 fully saturated rings. The molecule has 0 saturated carbocycles. The summed E-state index contributed by atoms with van der Waals surface area (Å²) in [6.07, 6.45) is 2.81. The molecular formula is C17H15N3O2S. The van der Waals surface area contributed by atoms with E-state index in [2.05, 4.69) is 10.1 Å². The van der Waals surface area contributed by atoms with E-state index in [1.54, 1.807) is 12.3 Å². The average Bonchev–Trinajstić information content (AvgIpc) is 2.58. The molecule has 0 radical (unpaired) electrons. The number of thioether (sulfide) groups is 1. The van der Waals surface area contributed by atoms with E-state index in [1.807, 2.05) is 43.3 Å². The highest BCUT2D eigenvalue weighted by Gasteiger charge is 2.13. The van der Waals surface area contributed by atoms with E-state index in [1.165, 1.54) is 16.2 Å². The van der Waals surface area contributed by atoms with Crippen molar-refractivity contribution in [3.05, 3.63) is 75.7 Å². The van der Waals surface area contributed by atoms with Crippen molar-refractivity contribution in [3.8, 4) is 0 Å². The molecule has 2 heterocycles. The van der Waals surface area contributed by atoms with Gasteiger partial charge in [0.1, 0.15) is 10.7 Å². The van der Waals surface area contributed by atoms with Crippen LogP contribution in [0.1, 0.15) is 16.7 Å². The number of pyridine rings is 1. The summed E-state index contributed by atoms with van der Waals surface area (Å²) in [5.74, 6) is 0.682. The second kappa shape index (κ2) is 6.66. The molecule has 2 aromatic heterocycles. The SMILES string of the molecule is Cc1cccn2c(=O)c(C=NO)c(SCc3ccccc3)nc12. The van der Waals surface area contributed by atoms with Crippen LogP contribution in [-0.2, 0) is 5.75 Å². The summed E-state index contributed by atoms with van der Waals surface area (Å²) < 4.78 is 1.47. The molecule has 0 aliphatic heterocycles. The van der Waals surface area contributed by atoms with Crippen molar-refractivity contribution in [2.24, 2.45) is 5.16 Å². The van der Waals surface area contributed by atoms with E-state index in [-0.39, 0.29) is 11.1 Å². The number of hydrogen-bond acceptors (Lipinski definition) is 5. The lowest BCUT2D eigenvalue weighted by Gasteiger charge is -2.09. The van der Waals surface area contributed by atoms with Crippen LogP contribution >= 0.6 is 11.8 Å². The zero-order valence-electron chi connectivity index (χ0n) is 12.5. The Labute approximate surface area is 137 Å². The number of aromatic nitrogens is 2. The van der Waals surface area contributed by atoms with E-state index in [9.17, 15) is 4.79 Å². The molecule has 3 rings (SSSR count). The molecule has 23 heavy (non-hydrogen) atoms. The highest BCUT2D eigenvalue weighted by molar-refractivity contribution is 7.98. The van der Waals surface area contributed by atoms with Crippen LogP contribution in [0, 0.1) is 6.92 Å². The van der Waals surface area contributed by atoms with Gasteiger partial charge in [-0.3, -0.25) is 9.20 Å². The predicted octanol–water partition coefficient (Wildman–Crippen LogP) is 3.10. The maximum Gasteiger partial charge on any atom is 0.267 e. The van der Waals surface area contributed by atoms with Gasteiger partial charge in [0.05, 0.1) is 11.8 Å². The minimum atomic E-state index is -0.243. The predicted molar refractivity (Wildman–Crippen MR) is 91.6 cm³/mol. The average molecular weight is 325 g/mol. The quantitative estimate of drug-likeness (QED) is 0.263. The highest BCUT2D eigenvalue weighted by atomic mass is 32.2. The van der Waals surface area contributed by atoms with Crippen molar-refractivity contribution in [2.45, 2.75) is 17.7 Å². The number of nitrogens with zero attached hydrogens (tertiary/aromatic N) is 3. The molecule has 0 aliphatic carbocycles. The molecule has 0 unspecified atom stereocenters. The smallest absolute Gasteiger partial charge is 0.267 e. The van der Waals surface area contributed by atoms with Crippen LogP contribution in [0.25, 0.3) is 5.65 Å². The third-order valence-corrected chi connectivity index (χ3v) is 4.52. The van der Waals surface area contributed by atoms with E-state index < -0.39 is 0 Å². The summed E-state index contributed by atoms with van der Waals surface area (Å²) in [6, 6.07) is 13.6. The standard InChI is InChI=1S/C17H15N3O2S/c1-12-6-5-9-20-15(12)19-16(14(10-18-22)17(20)21)23-11-13-7-3-2-4-8-13/h2-10,22H,11H2,1H3. The van der Waals surface area contributed by atoms with Crippen LogP contribution in [0.5, 0.6) is 0 Å². The monoisotopic (exact) mass is 325 g/mol. The number of aryl methyl sites for hydroxylation is 1. The van der Waals surface area contributed by atoms with Crippen molar-refractivity contribution in [1.82, 2.24) is 9.38 Å².